The van der Waals surface area contributed by atoms with Gasteiger partial charge in [-0.1, -0.05) is 34.8 Å². The first-order chi connectivity index (χ1) is 5.04. The lowest BCUT2D eigenvalue weighted by Gasteiger charge is -2.21. The highest BCUT2D eigenvalue weighted by Gasteiger charge is 2.28. The Morgan fingerprint density at radius 2 is 1.64 bits per heavy atom. The quantitative estimate of drug-likeness (QED) is 0.643. The molecule has 5 heteroatoms. The molecule has 1 rings (SSSR count). The van der Waals surface area contributed by atoms with Crippen molar-refractivity contribution in [1.82, 2.24) is 0 Å². The summed E-state index contributed by atoms with van der Waals surface area (Å²) in [4.78, 5) is 0. The second-order valence-corrected chi connectivity index (χ2v) is 3.37. The van der Waals surface area contributed by atoms with Crippen molar-refractivity contribution < 1.29 is 10.2 Å². The van der Waals surface area contributed by atoms with E-state index in [1.807, 2.05) is 0 Å². The molecule has 0 bridgehead atoms. The van der Waals surface area contributed by atoms with Crippen molar-refractivity contribution in [3.63, 3.8) is 0 Å². The zero-order chi connectivity index (χ0) is 8.59. The highest BCUT2D eigenvalue weighted by molar-refractivity contribution is 6.42. The van der Waals surface area contributed by atoms with Crippen molar-refractivity contribution in [2.24, 2.45) is 0 Å². The van der Waals surface area contributed by atoms with Gasteiger partial charge in [-0.25, -0.2) is 0 Å². The maximum atomic E-state index is 9.14. The number of aliphatic hydroxyl groups excluding tert-OH is 2. The summed E-state index contributed by atoms with van der Waals surface area (Å²) in [7, 11) is 0. The van der Waals surface area contributed by atoms with Crippen LogP contribution in [0.1, 0.15) is 0 Å². The third-order valence-electron chi connectivity index (χ3n) is 1.33. The topological polar surface area (TPSA) is 40.5 Å². The molecule has 62 valence electrons. The largest absolute Gasteiger partial charge is 0.384 e. The van der Waals surface area contributed by atoms with E-state index in [1.165, 1.54) is 6.08 Å². The van der Waals surface area contributed by atoms with Crippen LogP contribution in [0.3, 0.4) is 0 Å². The molecule has 11 heavy (non-hydrogen) atoms. The van der Waals surface area contributed by atoms with Gasteiger partial charge in [0.25, 0.3) is 0 Å². The molecule has 0 aliphatic heterocycles. The summed E-state index contributed by atoms with van der Waals surface area (Å²) in [6.07, 6.45) is -1.06. The molecular formula is C6H5Cl3O2. The van der Waals surface area contributed by atoms with Crippen LogP contribution in [0.5, 0.6) is 0 Å². The number of rotatable bonds is 0. The van der Waals surface area contributed by atoms with Crippen LogP contribution in [0.2, 0.25) is 0 Å². The smallest absolute Gasteiger partial charge is 0.122 e. The number of aliphatic hydroxyl groups is 2. The molecule has 0 aromatic carbocycles. The van der Waals surface area contributed by atoms with E-state index in [0.717, 1.165) is 0 Å². The van der Waals surface area contributed by atoms with Crippen LogP contribution in [0.15, 0.2) is 21.2 Å². The first-order valence-electron chi connectivity index (χ1n) is 2.82. The first kappa shape index (κ1) is 9.36. The first-order valence-corrected chi connectivity index (χ1v) is 3.96. The lowest BCUT2D eigenvalue weighted by Crippen LogP contribution is -2.29. The Bertz CT molecular complexity index is 234. The van der Waals surface area contributed by atoms with Gasteiger partial charge >= 0.3 is 0 Å². The van der Waals surface area contributed by atoms with Crippen LogP contribution in [0.25, 0.3) is 0 Å². The summed E-state index contributed by atoms with van der Waals surface area (Å²) >= 11 is 16.5. The molecule has 2 N–H and O–H groups in total. The van der Waals surface area contributed by atoms with Crippen LogP contribution in [-0.4, -0.2) is 22.4 Å². The van der Waals surface area contributed by atoms with Crippen molar-refractivity contribution in [2.45, 2.75) is 12.2 Å². The van der Waals surface area contributed by atoms with Crippen LogP contribution in [-0.2, 0) is 0 Å². The summed E-state index contributed by atoms with van der Waals surface area (Å²) in [5.74, 6) is 0. The van der Waals surface area contributed by atoms with Gasteiger partial charge in [0.15, 0.2) is 0 Å². The van der Waals surface area contributed by atoms with Crippen molar-refractivity contribution in [2.75, 3.05) is 0 Å². The van der Waals surface area contributed by atoms with E-state index in [2.05, 4.69) is 0 Å². The number of halogens is 3. The monoisotopic (exact) mass is 214 g/mol. The summed E-state index contributed by atoms with van der Waals surface area (Å²) in [5, 5.41) is 18.5. The van der Waals surface area contributed by atoms with E-state index in [0.29, 0.717) is 0 Å². The molecule has 0 heterocycles. The molecule has 2 atom stereocenters. The van der Waals surface area contributed by atoms with Crippen LogP contribution in [0, 0.1) is 0 Å². The van der Waals surface area contributed by atoms with Crippen molar-refractivity contribution in [3.05, 3.63) is 21.2 Å². The lowest BCUT2D eigenvalue weighted by molar-refractivity contribution is 0.0731. The Kier molecular flexibility index (Phi) is 2.84. The fourth-order valence-corrected chi connectivity index (χ4v) is 1.39. The van der Waals surface area contributed by atoms with Crippen molar-refractivity contribution in [3.8, 4) is 0 Å². The van der Waals surface area contributed by atoms with Gasteiger partial charge in [0.1, 0.15) is 12.2 Å². The molecule has 0 saturated carbocycles. The molecule has 0 fully saturated rings. The Balaban J connectivity index is 3.01. The summed E-state index contributed by atoms with van der Waals surface area (Å²) in [5.41, 5.74) is 0. The molecule has 0 spiro atoms. The molecule has 0 saturated heterocycles. The van der Waals surface area contributed by atoms with Gasteiger partial charge in [-0.05, 0) is 6.08 Å². The van der Waals surface area contributed by atoms with Crippen molar-refractivity contribution in [1.29, 1.82) is 0 Å². The number of hydrogen-bond acceptors (Lipinski definition) is 2. The van der Waals surface area contributed by atoms with Gasteiger partial charge in [-0.2, -0.15) is 0 Å². The minimum Gasteiger partial charge on any atom is -0.384 e. The van der Waals surface area contributed by atoms with Crippen LogP contribution < -0.4 is 0 Å². The highest BCUT2D eigenvalue weighted by Crippen LogP contribution is 2.31. The van der Waals surface area contributed by atoms with Crippen LogP contribution in [0.4, 0.5) is 0 Å². The van der Waals surface area contributed by atoms with Gasteiger partial charge in [-0.3, -0.25) is 0 Å². The maximum absolute atomic E-state index is 9.14. The van der Waals surface area contributed by atoms with Crippen molar-refractivity contribution >= 4 is 34.8 Å². The van der Waals surface area contributed by atoms with E-state index in [9.17, 15) is 0 Å². The molecule has 2 nitrogen and oxygen atoms in total. The molecule has 0 aromatic heterocycles. The molecular weight excluding hydrogens is 210 g/mol. The summed E-state index contributed by atoms with van der Waals surface area (Å²) in [6.45, 7) is 0. The highest BCUT2D eigenvalue weighted by atomic mass is 35.5. The fraction of sp³-hybridized carbons (Fsp3) is 0.333. The Hall–Kier alpha value is 0.270. The van der Waals surface area contributed by atoms with Gasteiger partial charge in [-0.15, -0.1) is 0 Å². The zero-order valence-electron chi connectivity index (χ0n) is 5.26. The fourth-order valence-electron chi connectivity index (χ4n) is 0.706. The Labute approximate surface area is 78.7 Å². The second kappa shape index (κ2) is 3.33. The number of hydrogen-bond donors (Lipinski definition) is 2. The summed E-state index contributed by atoms with van der Waals surface area (Å²) in [6, 6.07) is 0. The third kappa shape index (κ3) is 1.71. The molecule has 0 unspecified atom stereocenters. The maximum Gasteiger partial charge on any atom is 0.122 e. The van der Waals surface area contributed by atoms with Gasteiger partial charge < -0.3 is 10.2 Å². The van der Waals surface area contributed by atoms with Gasteiger partial charge in [0.2, 0.25) is 0 Å². The lowest BCUT2D eigenvalue weighted by atomic mass is 10.1. The number of allylic oxidation sites excluding steroid dienone is 2. The predicted octanol–water partition coefficient (Wildman–Crippen LogP) is 1.53. The minimum atomic E-state index is -1.21. The molecule has 0 radical (unpaired) electrons. The third-order valence-corrected chi connectivity index (χ3v) is 2.50. The molecule has 0 amide bonds. The standard InChI is InChI=1S/C6H5Cl3O2/c7-2-1-3(8)5(10)6(11)4(2)9/h1,5-6,10-11H/t5-,6+/m0/s1. The molecule has 1 aliphatic carbocycles. The van der Waals surface area contributed by atoms with Crippen LogP contribution >= 0.6 is 34.8 Å². The minimum absolute atomic E-state index is 0.0172. The van der Waals surface area contributed by atoms with E-state index in [-0.39, 0.29) is 15.1 Å². The Morgan fingerprint density at radius 1 is 1.09 bits per heavy atom. The summed E-state index contributed by atoms with van der Waals surface area (Å²) < 4.78 is 0. The molecule has 0 aromatic rings. The van der Waals surface area contributed by atoms with E-state index in [4.69, 9.17) is 45.0 Å². The van der Waals surface area contributed by atoms with Gasteiger partial charge in [0, 0.05) is 0 Å². The van der Waals surface area contributed by atoms with Gasteiger partial charge in [0.05, 0.1) is 15.1 Å². The molecule has 1 aliphatic rings. The normalized spacial score (nSPS) is 32.3. The Morgan fingerprint density at radius 3 is 2.18 bits per heavy atom. The second-order valence-electron chi connectivity index (χ2n) is 2.11. The SMILES string of the molecule is O[C@@H]1C(Cl)=C(Cl)C=C(Cl)[C@@H]1O. The van der Waals surface area contributed by atoms with E-state index >= 15 is 0 Å². The average Bonchev–Trinajstić information content (AvgIpc) is 1.97. The van der Waals surface area contributed by atoms with E-state index < -0.39 is 12.2 Å². The van der Waals surface area contributed by atoms with E-state index in [1.54, 1.807) is 0 Å². The predicted molar refractivity (Wildman–Crippen MR) is 44.7 cm³/mol. The zero-order valence-corrected chi connectivity index (χ0v) is 7.53. The average molecular weight is 215 g/mol.